The van der Waals surface area contributed by atoms with E-state index in [1.807, 2.05) is 18.2 Å². The molecular formula is C9H9INO2S2+. The van der Waals surface area contributed by atoms with Crippen LogP contribution in [0, 0.1) is 3.57 Å². The van der Waals surface area contributed by atoms with Crippen molar-refractivity contribution in [1.82, 2.24) is 0 Å². The number of halogens is 1. The summed E-state index contributed by atoms with van der Waals surface area (Å²) in [7, 11) is -1.34. The maximum atomic E-state index is 11.5. The highest BCUT2D eigenvalue weighted by Gasteiger charge is 2.26. The summed E-state index contributed by atoms with van der Waals surface area (Å²) in [6, 6.07) is 5.85. The van der Waals surface area contributed by atoms with Crippen LogP contribution in [0.4, 0.5) is 0 Å². The van der Waals surface area contributed by atoms with Crippen LogP contribution in [0.2, 0.25) is 0 Å². The van der Waals surface area contributed by atoms with Gasteiger partial charge in [-0.1, -0.05) is 6.07 Å². The third-order valence-corrected chi connectivity index (χ3v) is 6.01. The Balaban J connectivity index is 2.94. The van der Waals surface area contributed by atoms with Crippen LogP contribution < -0.4 is 4.57 Å². The molecule has 0 spiro atoms. The number of thiazole rings is 1. The second-order valence-corrected chi connectivity index (χ2v) is 7.67. The minimum absolute atomic E-state index is 0.404. The Morgan fingerprint density at radius 2 is 2.07 bits per heavy atom. The molecule has 1 heterocycles. The van der Waals surface area contributed by atoms with Gasteiger partial charge in [-0.25, -0.2) is 8.42 Å². The number of hydrogen-bond acceptors (Lipinski definition) is 3. The van der Waals surface area contributed by atoms with Crippen LogP contribution >= 0.6 is 33.9 Å². The summed E-state index contributed by atoms with van der Waals surface area (Å²) < 4.78 is 27.3. The number of para-hydroxylation sites is 1. The SMILES string of the molecule is C[n+]1c(S(C)(=O)=O)sc2cccc(I)c21. The van der Waals surface area contributed by atoms with Gasteiger partial charge in [-0.15, -0.1) is 0 Å². The maximum absolute atomic E-state index is 11.5. The van der Waals surface area contributed by atoms with Crippen LogP contribution in [0.1, 0.15) is 0 Å². The summed E-state index contributed by atoms with van der Waals surface area (Å²) in [6.07, 6.45) is 1.24. The van der Waals surface area contributed by atoms with Gasteiger partial charge in [0.25, 0.3) is 0 Å². The van der Waals surface area contributed by atoms with Crippen molar-refractivity contribution >= 4 is 54.0 Å². The lowest BCUT2D eigenvalue weighted by atomic mass is 10.3. The molecule has 2 rings (SSSR count). The molecule has 6 heteroatoms. The summed E-state index contributed by atoms with van der Waals surface area (Å²) in [5.41, 5.74) is 0.989. The molecule has 0 fully saturated rings. The molecule has 0 aliphatic heterocycles. The second-order valence-electron chi connectivity index (χ2n) is 3.29. The number of hydrogen-bond donors (Lipinski definition) is 0. The highest BCUT2D eigenvalue weighted by Crippen LogP contribution is 2.26. The topological polar surface area (TPSA) is 38.0 Å². The minimum atomic E-state index is -3.13. The molecule has 15 heavy (non-hydrogen) atoms. The Labute approximate surface area is 106 Å². The second kappa shape index (κ2) is 3.67. The lowest BCUT2D eigenvalue weighted by molar-refractivity contribution is -0.678. The van der Waals surface area contributed by atoms with Gasteiger partial charge in [-0.05, 0) is 46.1 Å². The zero-order valence-electron chi connectivity index (χ0n) is 8.19. The van der Waals surface area contributed by atoms with E-state index in [1.54, 1.807) is 11.6 Å². The van der Waals surface area contributed by atoms with Crippen molar-refractivity contribution in [3.05, 3.63) is 21.8 Å². The molecule has 80 valence electrons. The molecule has 3 nitrogen and oxygen atoms in total. The van der Waals surface area contributed by atoms with Crippen molar-refractivity contribution in [2.24, 2.45) is 7.05 Å². The number of benzene rings is 1. The van der Waals surface area contributed by atoms with E-state index >= 15 is 0 Å². The van der Waals surface area contributed by atoms with Gasteiger partial charge in [0.1, 0.15) is 11.7 Å². The van der Waals surface area contributed by atoms with Gasteiger partial charge in [-0.3, -0.25) is 0 Å². The van der Waals surface area contributed by atoms with E-state index in [9.17, 15) is 8.42 Å². The van der Waals surface area contributed by atoms with Crippen LogP contribution in [0.3, 0.4) is 0 Å². The van der Waals surface area contributed by atoms with Crippen LogP contribution in [0.25, 0.3) is 10.2 Å². The van der Waals surface area contributed by atoms with E-state index in [0.717, 1.165) is 13.8 Å². The first-order valence-electron chi connectivity index (χ1n) is 4.18. The lowest BCUT2D eigenvalue weighted by Gasteiger charge is -1.90. The van der Waals surface area contributed by atoms with E-state index in [0.29, 0.717) is 4.34 Å². The van der Waals surface area contributed by atoms with Crippen LogP contribution in [-0.4, -0.2) is 14.7 Å². The number of aryl methyl sites for hydroxylation is 1. The number of sulfone groups is 1. The van der Waals surface area contributed by atoms with Gasteiger partial charge in [0.15, 0.2) is 0 Å². The normalized spacial score (nSPS) is 12.2. The third kappa shape index (κ3) is 1.90. The van der Waals surface area contributed by atoms with Crippen molar-refractivity contribution < 1.29 is 13.0 Å². The van der Waals surface area contributed by atoms with E-state index in [-0.39, 0.29) is 0 Å². The first-order chi connectivity index (χ1) is 6.91. The van der Waals surface area contributed by atoms with Crippen molar-refractivity contribution in [3.63, 3.8) is 0 Å². The minimum Gasteiger partial charge on any atom is -0.217 e. The molecule has 0 bridgehead atoms. The number of rotatable bonds is 1. The van der Waals surface area contributed by atoms with Gasteiger partial charge in [0, 0.05) is 0 Å². The molecule has 1 aromatic carbocycles. The average molecular weight is 354 g/mol. The Kier molecular flexibility index (Phi) is 2.76. The monoisotopic (exact) mass is 354 g/mol. The van der Waals surface area contributed by atoms with Crippen molar-refractivity contribution in [3.8, 4) is 0 Å². The highest BCUT2D eigenvalue weighted by atomic mass is 127. The quantitative estimate of drug-likeness (QED) is 0.578. The summed E-state index contributed by atoms with van der Waals surface area (Å²) in [5.74, 6) is 0. The molecule has 0 N–H and O–H groups in total. The first kappa shape index (κ1) is 11.3. The van der Waals surface area contributed by atoms with E-state index in [1.165, 1.54) is 17.6 Å². The summed E-state index contributed by atoms with van der Waals surface area (Å²) in [5, 5.41) is 0. The number of nitrogens with zero attached hydrogens (tertiary/aromatic N) is 1. The van der Waals surface area contributed by atoms with Crippen LogP contribution in [-0.2, 0) is 16.9 Å². The van der Waals surface area contributed by atoms with Gasteiger partial charge >= 0.3 is 4.34 Å². The summed E-state index contributed by atoms with van der Waals surface area (Å²) in [6.45, 7) is 0. The fourth-order valence-corrected chi connectivity index (χ4v) is 4.89. The van der Waals surface area contributed by atoms with E-state index in [4.69, 9.17) is 0 Å². The first-order valence-corrected chi connectivity index (χ1v) is 7.97. The Morgan fingerprint density at radius 3 is 2.60 bits per heavy atom. The standard InChI is InChI=1S/C9H9INO2S2/c1-11-8-6(10)4-3-5-7(8)14-9(11)15(2,12)13/h3-5H,1-2H3/q+1. The largest absolute Gasteiger partial charge is 0.355 e. The van der Waals surface area contributed by atoms with E-state index < -0.39 is 9.84 Å². The predicted octanol–water partition coefficient (Wildman–Crippen LogP) is 1.73. The van der Waals surface area contributed by atoms with Gasteiger partial charge < -0.3 is 0 Å². The Morgan fingerprint density at radius 1 is 1.40 bits per heavy atom. The fraction of sp³-hybridized carbons (Fsp3) is 0.222. The van der Waals surface area contributed by atoms with Crippen molar-refractivity contribution in [2.75, 3.05) is 6.26 Å². The van der Waals surface area contributed by atoms with E-state index in [2.05, 4.69) is 22.6 Å². The van der Waals surface area contributed by atoms with Gasteiger partial charge in [-0.2, -0.15) is 4.57 Å². The molecule has 0 radical (unpaired) electrons. The highest BCUT2D eigenvalue weighted by molar-refractivity contribution is 14.1. The van der Waals surface area contributed by atoms with Crippen molar-refractivity contribution in [2.45, 2.75) is 4.34 Å². The molecule has 2 aromatic rings. The average Bonchev–Trinajstić information content (AvgIpc) is 2.44. The zero-order valence-corrected chi connectivity index (χ0v) is 12.0. The number of aromatic nitrogens is 1. The van der Waals surface area contributed by atoms with Gasteiger partial charge in [0.2, 0.25) is 15.4 Å². The Hall–Kier alpha value is -0.210. The summed E-state index contributed by atoms with van der Waals surface area (Å²) >= 11 is 3.53. The molecule has 0 aliphatic carbocycles. The fourth-order valence-electron chi connectivity index (χ4n) is 1.48. The molecule has 1 aromatic heterocycles. The molecule has 0 atom stereocenters. The predicted molar refractivity (Wildman–Crippen MR) is 68.8 cm³/mol. The Bertz CT molecular complexity index is 631. The molecule has 0 amide bonds. The molecule has 0 aliphatic rings. The number of fused-ring (bicyclic) bond motifs is 1. The third-order valence-electron chi connectivity index (χ3n) is 2.07. The zero-order chi connectivity index (χ0) is 11.2. The van der Waals surface area contributed by atoms with Crippen LogP contribution in [0.15, 0.2) is 22.5 Å². The molecular weight excluding hydrogens is 345 g/mol. The van der Waals surface area contributed by atoms with Crippen molar-refractivity contribution in [1.29, 1.82) is 0 Å². The molecule has 0 unspecified atom stereocenters. The summed E-state index contributed by atoms with van der Waals surface area (Å²) in [4.78, 5) is 0. The van der Waals surface area contributed by atoms with Gasteiger partial charge in [0.05, 0.1) is 9.83 Å². The maximum Gasteiger partial charge on any atom is 0.355 e. The molecule has 0 saturated carbocycles. The smallest absolute Gasteiger partial charge is 0.217 e. The lowest BCUT2D eigenvalue weighted by Crippen LogP contribution is -2.33. The van der Waals surface area contributed by atoms with Crippen LogP contribution in [0.5, 0.6) is 0 Å². The molecule has 0 saturated heterocycles.